The van der Waals surface area contributed by atoms with Gasteiger partial charge in [0.05, 0.1) is 23.5 Å². The van der Waals surface area contributed by atoms with E-state index in [1.165, 1.54) is 17.5 Å². The van der Waals surface area contributed by atoms with Crippen LogP contribution in [0, 0.1) is 13.8 Å². The van der Waals surface area contributed by atoms with E-state index in [2.05, 4.69) is 35.4 Å². The van der Waals surface area contributed by atoms with Crippen LogP contribution >= 0.6 is 39.9 Å². The summed E-state index contributed by atoms with van der Waals surface area (Å²) in [7, 11) is 0. The maximum absolute atomic E-state index is 12.7. The van der Waals surface area contributed by atoms with E-state index in [0.717, 1.165) is 37.6 Å². The minimum Gasteiger partial charge on any atom is -0.395 e. The quantitative estimate of drug-likeness (QED) is 0.394. The first kappa shape index (κ1) is 26.3. The van der Waals surface area contributed by atoms with Gasteiger partial charge in [-0.3, -0.25) is 9.69 Å². The molecule has 0 unspecified atom stereocenters. The zero-order valence-corrected chi connectivity index (χ0v) is 22.2. The topological polar surface area (TPSA) is 107 Å². The molecule has 3 aromatic rings. The summed E-state index contributed by atoms with van der Waals surface area (Å²) in [5, 5.41) is 16.2. The molecule has 0 atom stereocenters. The number of aromatic nitrogens is 3. The molecule has 1 aromatic carbocycles. The third kappa shape index (κ3) is 6.42. The zero-order valence-electron chi connectivity index (χ0n) is 18.9. The molecule has 4 rings (SSSR count). The first-order valence-electron chi connectivity index (χ1n) is 10.7. The van der Waals surface area contributed by atoms with Gasteiger partial charge in [-0.05, 0) is 25.5 Å². The van der Waals surface area contributed by atoms with Crippen LogP contribution in [0.4, 0.5) is 22.5 Å². The van der Waals surface area contributed by atoms with Crippen LogP contribution in [0.3, 0.4) is 0 Å². The number of amides is 1. The van der Waals surface area contributed by atoms with Gasteiger partial charge in [0.1, 0.15) is 22.3 Å². The van der Waals surface area contributed by atoms with Gasteiger partial charge in [-0.1, -0.05) is 35.1 Å². The first-order chi connectivity index (χ1) is 15.9. The Labute approximate surface area is 218 Å². The van der Waals surface area contributed by atoms with E-state index in [9.17, 15) is 4.79 Å². The van der Waals surface area contributed by atoms with Crippen molar-refractivity contribution in [2.45, 2.75) is 13.8 Å². The number of aliphatic hydroxyl groups excluding tert-OH is 1. The molecule has 0 aliphatic carbocycles. The van der Waals surface area contributed by atoms with Gasteiger partial charge in [0.15, 0.2) is 5.13 Å². The van der Waals surface area contributed by atoms with Crippen molar-refractivity contribution in [2.24, 2.45) is 0 Å². The van der Waals surface area contributed by atoms with Gasteiger partial charge in [-0.25, -0.2) is 15.0 Å². The third-order valence-electron chi connectivity index (χ3n) is 5.36. The Bertz CT molecular complexity index is 1120. The number of nitrogens with zero attached hydrogens (tertiary/aromatic N) is 5. The fourth-order valence-electron chi connectivity index (χ4n) is 3.63. The van der Waals surface area contributed by atoms with E-state index in [1.54, 1.807) is 6.07 Å². The number of anilines is 4. The minimum absolute atomic E-state index is 0. The van der Waals surface area contributed by atoms with E-state index in [0.29, 0.717) is 38.9 Å². The molecule has 12 heteroatoms. The largest absolute Gasteiger partial charge is 0.395 e. The zero-order chi connectivity index (χ0) is 23.4. The average molecular weight is 569 g/mol. The highest BCUT2D eigenvalue weighted by atomic mass is 79.9. The number of hydrogen-bond donors (Lipinski definition) is 3. The Morgan fingerprint density at radius 3 is 2.68 bits per heavy atom. The van der Waals surface area contributed by atoms with E-state index < -0.39 is 0 Å². The lowest BCUT2D eigenvalue weighted by atomic mass is 10.2. The lowest BCUT2D eigenvalue weighted by molar-refractivity contribution is 0.103. The van der Waals surface area contributed by atoms with Crippen LogP contribution in [0.15, 0.2) is 30.5 Å². The summed E-state index contributed by atoms with van der Waals surface area (Å²) in [5.41, 5.74) is 1.49. The number of para-hydroxylation sites is 1. The van der Waals surface area contributed by atoms with Gasteiger partial charge in [0.25, 0.3) is 5.91 Å². The highest BCUT2D eigenvalue weighted by Gasteiger charge is 2.19. The summed E-state index contributed by atoms with van der Waals surface area (Å²) in [6, 6.07) is 7.37. The van der Waals surface area contributed by atoms with Gasteiger partial charge in [0.2, 0.25) is 0 Å². The predicted octanol–water partition coefficient (Wildman–Crippen LogP) is 3.89. The van der Waals surface area contributed by atoms with Crippen LogP contribution in [0.2, 0.25) is 5.02 Å². The molecule has 3 heterocycles. The second-order valence-corrected chi connectivity index (χ2v) is 9.19. The second kappa shape index (κ2) is 11.9. The normalized spacial score (nSPS) is 13.9. The molecule has 0 saturated carbocycles. The second-order valence-electron chi connectivity index (χ2n) is 7.75. The number of piperazine rings is 1. The summed E-state index contributed by atoms with van der Waals surface area (Å²) < 4.78 is 0. The highest BCUT2D eigenvalue weighted by molar-refractivity contribution is 8.93. The molecule has 182 valence electrons. The summed E-state index contributed by atoms with van der Waals surface area (Å²) >= 11 is 7.46. The minimum atomic E-state index is -0.267. The lowest BCUT2D eigenvalue weighted by Gasteiger charge is -2.35. The number of rotatable bonds is 7. The monoisotopic (exact) mass is 567 g/mol. The van der Waals surface area contributed by atoms with Gasteiger partial charge >= 0.3 is 0 Å². The summed E-state index contributed by atoms with van der Waals surface area (Å²) in [6.45, 7) is 8.03. The molecule has 3 N–H and O–H groups in total. The molecule has 1 aliphatic rings. The van der Waals surface area contributed by atoms with Crippen LogP contribution < -0.4 is 15.5 Å². The molecule has 0 spiro atoms. The van der Waals surface area contributed by atoms with Crippen molar-refractivity contribution in [1.29, 1.82) is 0 Å². The number of aryl methyl sites for hydroxylation is 2. The molecule has 1 saturated heterocycles. The highest BCUT2D eigenvalue weighted by Crippen LogP contribution is 2.28. The number of thiazole rings is 1. The van der Waals surface area contributed by atoms with Gasteiger partial charge in [-0.2, -0.15) is 0 Å². The van der Waals surface area contributed by atoms with E-state index in [4.69, 9.17) is 16.7 Å². The van der Waals surface area contributed by atoms with Crippen LogP contribution in [-0.2, 0) is 0 Å². The van der Waals surface area contributed by atoms with Gasteiger partial charge < -0.3 is 20.6 Å². The van der Waals surface area contributed by atoms with Crippen molar-refractivity contribution in [2.75, 3.05) is 54.9 Å². The van der Waals surface area contributed by atoms with E-state index >= 15 is 0 Å². The maximum Gasteiger partial charge on any atom is 0.267 e. The van der Waals surface area contributed by atoms with Crippen LogP contribution in [0.1, 0.15) is 21.1 Å². The number of aliphatic hydroxyl groups is 1. The Balaban J connectivity index is 0.00000324. The van der Waals surface area contributed by atoms with Crippen molar-refractivity contribution in [3.8, 4) is 0 Å². The summed E-state index contributed by atoms with van der Waals surface area (Å²) in [6.07, 6.45) is 1.53. The third-order valence-corrected chi connectivity index (χ3v) is 6.59. The first-order valence-corrected chi connectivity index (χ1v) is 11.9. The van der Waals surface area contributed by atoms with Gasteiger partial charge in [-0.15, -0.1) is 17.0 Å². The fraction of sp³-hybridized carbons (Fsp3) is 0.364. The Morgan fingerprint density at radius 1 is 1.21 bits per heavy atom. The molecular formula is C22H27BrClN7O2S. The summed E-state index contributed by atoms with van der Waals surface area (Å²) in [5.74, 6) is 1.85. The van der Waals surface area contributed by atoms with Gasteiger partial charge in [0, 0.05) is 38.8 Å². The Hall–Kier alpha value is -2.31. The Morgan fingerprint density at radius 2 is 1.97 bits per heavy atom. The number of halogens is 2. The molecule has 1 amide bonds. The number of β-amino-alcohol motifs (C(OH)–C–C–N with tert-alkyl or cyclic N) is 1. The number of benzene rings is 1. The Kier molecular flexibility index (Phi) is 9.20. The van der Waals surface area contributed by atoms with Crippen molar-refractivity contribution < 1.29 is 9.90 Å². The van der Waals surface area contributed by atoms with Crippen LogP contribution in [-0.4, -0.2) is 70.2 Å². The fourth-order valence-corrected chi connectivity index (χ4v) is 4.62. The molecule has 0 radical (unpaired) electrons. The summed E-state index contributed by atoms with van der Waals surface area (Å²) in [4.78, 5) is 31.0. The maximum atomic E-state index is 12.7. The molecule has 1 fully saturated rings. The predicted molar refractivity (Wildman–Crippen MR) is 142 cm³/mol. The molecule has 2 aromatic heterocycles. The van der Waals surface area contributed by atoms with Crippen molar-refractivity contribution in [3.63, 3.8) is 0 Å². The number of carbonyl (C=O) groups is 1. The molecule has 1 aliphatic heterocycles. The molecule has 9 nitrogen and oxygen atoms in total. The number of hydrogen-bond acceptors (Lipinski definition) is 9. The van der Waals surface area contributed by atoms with E-state index in [1.807, 2.05) is 32.0 Å². The van der Waals surface area contributed by atoms with Crippen LogP contribution in [0.5, 0.6) is 0 Å². The van der Waals surface area contributed by atoms with Crippen LogP contribution in [0.25, 0.3) is 0 Å². The van der Waals surface area contributed by atoms with Crippen molar-refractivity contribution in [1.82, 2.24) is 19.9 Å². The molecule has 34 heavy (non-hydrogen) atoms. The average Bonchev–Trinajstić information content (AvgIpc) is 3.25. The number of carbonyl (C=O) groups excluding carboxylic acids is 1. The standard InChI is InChI=1S/C22H26ClN7O2S.BrH/c1-14-4-3-5-16(23)20(14)28-21(32)17-13-24-22(33-17)27-18-12-19(26-15(2)25-18)30-8-6-29(7-9-30)10-11-31;/h3-5,12-13,31H,6-11H2,1-2H3,(H,28,32)(H,24,25,26,27);1H. The molecular weight excluding hydrogens is 542 g/mol. The lowest BCUT2D eigenvalue weighted by Crippen LogP contribution is -2.47. The molecule has 0 bridgehead atoms. The van der Waals surface area contributed by atoms with Crippen molar-refractivity contribution >= 4 is 68.3 Å². The smallest absolute Gasteiger partial charge is 0.267 e. The SMILES string of the molecule is Br.Cc1nc(Nc2ncc(C(=O)Nc3c(C)cccc3Cl)s2)cc(N2CCN(CCO)CC2)n1. The van der Waals surface area contributed by atoms with E-state index in [-0.39, 0.29) is 29.5 Å². The number of nitrogens with one attached hydrogen (secondary N) is 2. The van der Waals surface area contributed by atoms with Crippen molar-refractivity contribution in [3.05, 3.63) is 51.7 Å².